The molecule has 3 saturated carbocycles. The zero-order valence-electron chi connectivity index (χ0n) is 24.2. The smallest absolute Gasteiger partial charge is 0.119 e. The van der Waals surface area contributed by atoms with Crippen LogP contribution in [0.25, 0.3) is 0 Å². The van der Waals surface area contributed by atoms with Gasteiger partial charge in [0.25, 0.3) is 0 Å². The summed E-state index contributed by atoms with van der Waals surface area (Å²) >= 11 is 0. The van der Waals surface area contributed by atoms with Crippen molar-refractivity contribution in [3.63, 3.8) is 0 Å². The second kappa shape index (κ2) is 11.4. The summed E-state index contributed by atoms with van der Waals surface area (Å²) in [7, 11) is 0. The molecule has 216 valence electrons. The van der Waals surface area contributed by atoms with Crippen LogP contribution in [0.1, 0.15) is 103 Å². The van der Waals surface area contributed by atoms with Gasteiger partial charge < -0.3 is 19.9 Å². The lowest BCUT2D eigenvalue weighted by molar-refractivity contribution is -0.122. The van der Waals surface area contributed by atoms with E-state index in [0.29, 0.717) is 48.8 Å². The maximum atomic E-state index is 14.2. The average molecular weight is 540 g/mol. The number of hydrogen-bond acceptors (Lipinski definition) is 4. The lowest BCUT2D eigenvalue weighted by Gasteiger charge is -2.60. The van der Waals surface area contributed by atoms with Crippen LogP contribution in [-0.4, -0.2) is 37.1 Å². The zero-order chi connectivity index (χ0) is 27.0. The van der Waals surface area contributed by atoms with Crippen LogP contribution in [0.2, 0.25) is 0 Å². The quantitative estimate of drug-likeness (QED) is 0.359. The summed E-state index contributed by atoms with van der Waals surface area (Å²) in [6.07, 6.45) is 14.0. The number of halogens is 1. The number of ether oxygens (including phenoxy) is 2. The van der Waals surface area contributed by atoms with E-state index in [1.165, 1.54) is 18.4 Å². The molecule has 4 aliphatic carbocycles. The van der Waals surface area contributed by atoms with Gasteiger partial charge in [-0.25, -0.2) is 4.39 Å². The lowest BCUT2D eigenvalue weighted by atomic mass is 9.45. The second-order valence-electron chi connectivity index (χ2n) is 13.8. The highest BCUT2D eigenvalue weighted by atomic mass is 19.1. The first-order valence-electron chi connectivity index (χ1n) is 16.0. The van der Waals surface area contributed by atoms with Crippen molar-refractivity contribution in [3.05, 3.63) is 41.7 Å². The van der Waals surface area contributed by atoms with Crippen LogP contribution in [-0.2, 0) is 4.74 Å². The summed E-state index contributed by atoms with van der Waals surface area (Å²) in [6, 6.07) is 9.48. The van der Waals surface area contributed by atoms with E-state index < -0.39 is 0 Å². The van der Waals surface area contributed by atoms with Crippen LogP contribution in [0.3, 0.4) is 0 Å². The van der Waals surface area contributed by atoms with Gasteiger partial charge in [0.1, 0.15) is 5.75 Å². The molecule has 4 nitrogen and oxygen atoms in total. The van der Waals surface area contributed by atoms with Crippen LogP contribution >= 0.6 is 0 Å². The van der Waals surface area contributed by atoms with E-state index in [-0.39, 0.29) is 22.8 Å². The number of hydrogen-bond donors (Lipinski definition) is 2. The fourth-order valence-corrected chi connectivity index (χ4v) is 9.88. The molecule has 6 unspecified atom stereocenters. The molecule has 0 spiro atoms. The van der Waals surface area contributed by atoms with Crippen LogP contribution < -0.4 is 10.1 Å². The summed E-state index contributed by atoms with van der Waals surface area (Å²) in [5, 5.41) is 15.2. The van der Waals surface area contributed by atoms with Crippen molar-refractivity contribution in [2.75, 3.05) is 19.8 Å². The summed E-state index contributed by atoms with van der Waals surface area (Å²) in [6.45, 7) is 7.06. The maximum absolute atomic E-state index is 14.2. The number of aliphatic hydroxyl groups excluding tert-OH is 1. The number of rotatable bonds is 8. The molecule has 1 saturated heterocycles. The summed E-state index contributed by atoms with van der Waals surface area (Å²) < 4.78 is 26.1. The maximum Gasteiger partial charge on any atom is 0.119 e. The summed E-state index contributed by atoms with van der Waals surface area (Å²) in [5.74, 6) is 3.45. The van der Waals surface area contributed by atoms with E-state index in [2.05, 4.69) is 43.4 Å². The van der Waals surface area contributed by atoms with Crippen molar-refractivity contribution in [2.24, 2.45) is 34.5 Å². The Morgan fingerprint density at radius 3 is 2.77 bits per heavy atom. The highest BCUT2D eigenvalue weighted by molar-refractivity contribution is 5.31. The van der Waals surface area contributed by atoms with E-state index in [4.69, 9.17) is 9.47 Å². The van der Waals surface area contributed by atoms with Gasteiger partial charge in [-0.1, -0.05) is 32.1 Å². The van der Waals surface area contributed by atoms with E-state index in [9.17, 15) is 9.50 Å². The molecule has 4 fully saturated rings. The molecule has 1 aromatic carbocycles. The van der Waals surface area contributed by atoms with Crippen molar-refractivity contribution < 1.29 is 19.0 Å². The van der Waals surface area contributed by atoms with Crippen LogP contribution in [0.4, 0.5) is 4.39 Å². The van der Waals surface area contributed by atoms with E-state index >= 15 is 0 Å². The summed E-state index contributed by atoms with van der Waals surface area (Å²) in [5.41, 5.74) is 1.50. The average Bonchev–Trinajstić information content (AvgIpc) is 3.29. The molecule has 1 aromatic rings. The van der Waals surface area contributed by atoms with Gasteiger partial charge in [0.2, 0.25) is 0 Å². The van der Waals surface area contributed by atoms with Crippen LogP contribution in [0.15, 0.2) is 36.2 Å². The molecule has 0 aromatic heterocycles. The number of benzene rings is 1. The van der Waals surface area contributed by atoms with Gasteiger partial charge in [0, 0.05) is 37.1 Å². The zero-order valence-corrected chi connectivity index (χ0v) is 24.2. The minimum absolute atomic E-state index is 0.0196. The molecule has 6 rings (SSSR count). The molecule has 5 heteroatoms. The largest absolute Gasteiger partial charge is 0.494 e. The SMILES string of the molecule is CCC(NC1CCOCC1)c1cccc(OCC[C@]23CCC4C(CCC5CC(F)=CC[C@@]54C)C2CCC3O)c1. The lowest BCUT2D eigenvalue weighted by Crippen LogP contribution is -2.54. The Bertz CT molecular complexity index is 1020. The monoisotopic (exact) mass is 539 g/mol. The Kier molecular flexibility index (Phi) is 8.14. The Balaban J connectivity index is 1.11. The molecule has 8 atom stereocenters. The Labute approximate surface area is 235 Å². The molecule has 0 bridgehead atoms. The van der Waals surface area contributed by atoms with Gasteiger partial charge in [0.15, 0.2) is 0 Å². The Hall–Kier alpha value is -1.43. The van der Waals surface area contributed by atoms with E-state index in [0.717, 1.165) is 76.8 Å². The number of aliphatic hydroxyl groups is 1. The predicted molar refractivity (Wildman–Crippen MR) is 153 cm³/mol. The van der Waals surface area contributed by atoms with Crippen LogP contribution in [0, 0.1) is 34.5 Å². The van der Waals surface area contributed by atoms with E-state index in [1.807, 2.05) is 6.08 Å². The molecular weight excluding hydrogens is 489 g/mol. The predicted octanol–water partition coefficient (Wildman–Crippen LogP) is 7.52. The normalized spacial score (nSPS) is 39.3. The van der Waals surface area contributed by atoms with Gasteiger partial charge in [-0.05, 0) is 117 Å². The van der Waals surface area contributed by atoms with Gasteiger partial charge in [-0.2, -0.15) is 0 Å². The topological polar surface area (TPSA) is 50.7 Å². The van der Waals surface area contributed by atoms with E-state index in [1.54, 1.807) is 0 Å². The molecule has 2 N–H and O–H groups in total. The first-order valence-corrected chi connectivity index (χ1v) is 16.0. The van der Waals surface area contributed by atoms with Crippen molar-refractivity contribution in [1.29, 1.82) is 0 Å². The summed E-state index contributed by atoms with van der Waals surface area (Å²) in [4.78, 5) is 0. The molecule has 0 radical (unpaired) electrons. The third kappa shape index (κ3) is 5.21. The Morgan fingerprint density at radius 1 is 1.10 bits per heavy atom. The fraction of sp³-hybridized carbons (Fsp3) is 0.765. The number of fused-ring (bicyclic) bond motifs is 5. The minimum atomic E-state index is -0.222. The standard InChI is InChI=1S/C34H50FNO3/c1-3-31(36-26-13-18-38-19-14-26)23-5-4-6-27(21-23)39-20-17-34-16-12-29-28(30(34)9-10-32(34)37)8-7-24-22-25(35)11-15-33(24,29)2/h4-6,11,21,24,26,28-32,36-37H,3,7-10,12-20,22H2,1-2H3/t24?,28?,29?,30?,31?,32?,33-,34+/m0/s1. The number of nitrogens with one attached hydrogen (secondary N) is 1. The van der Waals surface area contributed by atoms with Crippen LogP contribution in [0.5, 0.6) is 5.75 Å². The fourth-order valence-electron chi connectivity index (χ4n) is 9.88. The number of allylic oxidation sites excluding steroid dienone is 2. The minimum Gasteiger partial charge on any atom is -0.494 e. The van der Waals surface area contributed by atoms with Gasteiger partial charge >= 0.3 is 0 Å². The third-order valence-corrected chi connectivity index (χ3v) is 12.1. The van der Waals surface area contributed by atoms with Gasteiger partial charge in [-0.3, -0.25) is 0 Å². The highest BCUT2D eigenvalue weighted by Gasteiger charge is 2.61. The molecule has 39 heavy (non-hydrogen) atoms. The molecule has 0 amide bonds. The van der Waals surface area contributed by atoms with Crippen molar-refractivity contribution in [1.82, 2.24) is 5.32 Å². The molecule has 1 heterocycles. The van der Waals surface area contributed by atoms with Gasteiger partial charge in [-0.15, -0.1) is 0 Å². The molecule has 1 aliphatic heterocycles. The third-order valence-electron chi connectivity index (χ3n) is 12.1. The molecule has 5 aliphatic rings. The molecular formula is C34H50FNO3. The first kappa shape index (κ1) is 27.7. The Morgan fingerprint density at radius 2 is 1.95 bits per heavy atom. The van der Waals surface area contributed by atoms with Crippen molar-refractivity contribution in [3.8, 4) is 5.75 Å². The van der Waals surface area contributed by atoms with Crippen molar-refractivity contribution in [2.45, 2.75) is 109 Å². The van der Waals surface area contributed by atoms with Gasteiger partial charge in [0.05, 0.1) is 18.5 Å². The second-order valence-corrected chi connectivity index (χ2v) is 13.8. The highest BCUT2D eigenvalue weighted by Crippen LogP contribution is 2.67. The van der Waals surface area contributed by atoms with Crippen molar-refractivity contribution >= 4 is 0 Å². The first-order chi connectivity index (χ1) is 18.9.